The molecule has 140 valence electrons. The molecule has 1 aromatic carbocycles. The van der Waals surface area contributed by atoms with E-state index in [9.17, 15) is 4.79 Å². The molecule has 0 bridgehead atoms. The lowest BCUT2D eigenvalue weighted by molar-refractivity contribution is 0.142. The summed E-state index contributed by atoms with van der Waals surface area (Å²) in [4.78, 5) is 25.1. The van der Waals surface area contributed by atoms with Gasteiger partial charge in [0.2, 0.25) is 0 Å². The second-order valence-electron chi connectivity index (χ2n) is 6.44. The molecular weight excluding hydrogens is 362 g/mol. The van der Waals surface area contributed by atoms with Crippen LogP contribution in [0.25, 0.3) is 5.69 Å². The maximum atomic E-state index is 12.5. The van der Waals surface area contributed by atoms with Crippen molar-refractivity contribution in [2.45, 2.75) is 13.5 Å². The first kappa shape index (κ1) is 17.6. The number of hydrogen-bond acceptors (Lipinski definition) is 6. The fourth-order valence-corrected chi connectivity index (χ4v) is 3.66. The summed E-state index contributed by atoms with van der Waals surface area (Å²) in [6, 6.07) is 7.48. The van der Waals surface area contributed by atoms with Crippen LogP contribution in [0.1, 0.15) is 10.7 Å². The van der Waals surface area contributed by atoms with Gasteiger partial charge in [-0.25, -0.2) is 19.4 Å². The molecule has 3 aromatic rings. The van der Waals surface area contributed by atoms with E-state index in [1.165, 1.54) is 6.33 Å². The molecule has 0 aliphatic carbocycles. The Morgan fingerprint density at radius 1 is 1.19 bits per heavy atom. The molecule has 1 aliphatic heterocycles. The van der Waals surface area contributed by atoms with Crippen LogP contribution in [0.3, 0.4) is 0 Å². The fourth-order valence-electron chi connectivity index (χ4n) is 3.06. The zero-order chi connectivity index (χ0) is 18.6. The molecule has 1 N–H and O–H groups in total. The number of hydrogen-bond donors (Lipinski definition) is 1. The van der Waals surface area contributed by atoms with Crippen molar-refractivity contribution in [3.8, 4) is 5.69 Å². The van der Waals surface area contributed by atoms with E-state index in [0.717, 1.165) is 41.7 Å². The van der Waals surface area contributed by atoms with E-state index >= 15 is 0 Å². The van der Waals surface area contributed by atoms with Crippen molar-refractivity contribution in [3.63, 3.8) is 0 Å². The third-order valence-corrected chi connectivity index (χ3v) is 5.34. The van der Waals surface area contributed by atoms with Gasteiger partial charge in [-0.2, -0.15) is 5.10 Å². The smallest absolute Gasteiger partial charge is 0.321 e. The first-order valence-electron chi connectivity index (χ1n) is 8.82. The van der Waals surface area contributed by atoms with Gasteiger partial charge in [-0.3, -0.25) is 4.90 Å². The molecule has 0 saturated carbocycles. The molecule has 27 heavy (non-hydrogen) atoms. The Bertz CT molecular complexity index is 883. The van der Waals surface area contributed by atoms with Gasteiger partial charge in [0.15, 0.2) is 0 Å². The number of rotatable bonds is 4. The zero-order valence-corrected chi connectivity index (χ0v) is 15.9. The Morgan fingerprint density at radius 2 is 1.96 bits per heavy atom. The monoisotopic (exact) mass is 383 g/mol. The lowest BCUT2D eigenvalue weighted by Crippen LogP contribution is -2.49. The van der Waals surface area contributed by atoms with Crippen molar-refractivity contribution < 1.29 is 4.79 Å². The van der Waals surface area contributed by atoms with Gasteiger partial charge in [0.25, 0.3) is 0 Å². The predicted molar refractivity (Wildman–Crippen MR) is 104 cm³/mol. The normalized spacial score (nSPS) is 15.1. The molecule has 4 rings (SSSR count). The van der Waals surface area contributed by atoms with Crippen LogP contribution in [0, 0.1) is 6.92 Å². The number of anilines is 1. The minimum absolute atomic E-state index is 0.0624. The molecule has 0 atom stereocenters. The highest BCUT2D eigenvalue weighted by molar-refractivity contribution is 7.09. The van der Waals surface area contributed by atoms with E-state index in [-0.39, 0.29) is 6.03 Å². The number of aromatic nitrogens is 4. The van der Waals surface area contributed by atoms with Gasteiger partial charge in [-0.1, -0.05) is 0 Å². The minimum Gasteiger partial charge on any atom is -0.322 e. The Morgan fingerprint density at radius 3 is 2.59 bits per heavy atom. The number of carbonyl (C=O) groups excluding carboxylic acids is 1. The van der Waals surface area contributed by atoms with Crippen LogP contribution >= 0.6 is 11.3 Å². The van der Waals surface area contributed by atoms with Gasteiger partial charge < -0.3 is 10.2 Å². The zero-order valence-electron chi connectivity index (χ0n) is 15.1. The van der Waals surface area contributed by atoms with Crippen LogP contribution in [0.15, 0.2) is 42.3 Å². The van der Waals surface area contributed by atoms with Crippen LogP contribution in [0.2, 0.25) is 0 Å². The average molecular weight is 383 g/mol. The van der Waals surface area contributed by atoms with Gasteiger partial charge >= 0.3 is 6.03 Å². The summed E-state index contributed by atoms with van der Waals surface area (Å²) in [6.07, 6.45) is 3.13. The molecule has 1 aliphatic rings. The van der Waals surface area contributed by atoms with Crippen LogP contribution in [-0.4, -0.2) is 61.8 Å². The molecule has 2 amide bonds. The molecule has 3 heterocycles. The third-order valence-electron chi connectivity index (χ3n) is 4.51. The summed E-state index contributed by atoms with van der Waals surface area (Å²) < 4.78 is 1.68. The van der Waals surface area contributed by atoms with Gasteiger partial charge in [0.1, 0.15) is 12.7 Å². The first-order valence-corrected chi connectivity index (χ1v) is 9.70. The van der Waals surface area contributed by atoms with Crippen LogP contribution < -0.4 is 5.32 Å². The molecular formula is C18H21N7OS. The van der Waals surface area contributed by atoms with Crippen molar-refractivity contribution in [2.24, 2.45) is 0 Å². The second kappa shape index (κ2) is 7.85. The Kier molecular flexibility index (Phi) is 5.12. The topological polar surface area (TPSA) is 79.2 Å². The van der Waals surface area contributed by atoms with Gasteiger partial charge in [0, 0.05) is 43.8 Å². The lowest BCUT2D eigenvalue weighted by Gasteiger charge is -2.34. The van der Waals surface area contributed by atoms with Gasteiger partial charge in [-0.15, -0.1) is 11.3 Å². The molecule has 1 saturated heterocycles. The molecule has 0 radical (unpaired) electrons. The minimum atomic E-state index is -0.0624. The van der Waals surface area contributed by atoms with Crippen LogP contribution in [-0.2, 0) is 6.54 Å². The number of carbonyl (C=O) groups is 1. The Hall–Kier alpha value is -2.78. The highest BCUT2D eigenvalue weighted by Gasteiger charge is 2.21. The van der Waals surface area contributed by atoms with Crippen molar-refractivity contribution in [2.75, 3.05) is 31.5 Å². The van der Waals surface area contributed by atoms with Crippen molar-refractivity contribution in [1.29, 1.82) is 0 Å². The number of amides is 2. The highest BCUT2D eigenvalue weighted by atomic mass is 32.1. The molecule has 8 nitrogen and oxygen atoms in total. The molecule has 0 spiro atoms. The lowest BCUT2D eigenvalue weighted by atomic mass is 10.2. The Balaban J connectivity index is 1.28. The molecule has 0 unspecified atom stereocenters. The summed E-state index contributed by atoms with van der Waals surface area (Å²) in [5.74, 6) is 0. The first-order chi connectivity index (χ1) is 13.2. The number of aryl methyl sites for hydroxylation is 1. The van der Waals surface area contributed by atoms with E-state index in [2.05, 4.69) is 30.7 Å². The number of thiazole rings is 1. The van der Waals surface area contributed by atoms with Gasteiger partial charge in [0.05, 0.1) is 16.4 Å². The average Bonchev–Trinajstić information content (AvgIpc) is 3.35. The maximum Gasteiger partial charge on any atom is 0.321 e. The summed E-state index contributed by atoms with van der Waals surface area (Å²) in [6.45, 7) is 6.01. The van der Waals surface area contributed by atoms with Crippen LogP contribution in [0.5, 0.6) is 0 Å². The fraction of sp³-hybridized carbons (Fsp3) is 0.333. The number of urea groups is 1. The quantitative estimate of drug-likeness (QED) is 0.748. The van der Waals surface area contributed by atoms with Crippen LogP contribution in [0.4, 0.5) is 10.5 Å². The van der Waals surface area contributed by atoms with E-state index in [4.69, 9.17) is 0 Å². The highest BCUT2D eigenvalue weighted by Crippen LogP contribution is 2.15. The van der Waals surface area contributed by atoms with E-state index in [1.54, 1.807) is 22.3 Å². The number of benzene rings is 1. The van der Waals surface area contributed by atoms with E-state index in [1.807, 2.05) is 36.1 Å². The van der Waals surface area contributed by atoms with Crippen molar-refractivity contribution >= 4 is 23.1 Å². The summed E-state index contributed by atoms with van der Waals surface area (Å²) in [5.41, 5.74) is 2.78. The molecule has 2 aromatic heterocycles. The Labute approximate surface area is 161 Å². The standard InChI is InChI=1S/C18H21N7OS/c1-14-21-16(11-27-14)10-23-6-8-24(9-7-23)18(26)22-15-2-4-17(5-3-15)25-13-19-12-20-25/h2-5,11-13H,6-10H2,1H3,(H,22,26). The van der Waals surface area contributed by atoms with Crippen molar-refractivity contribution in [1.82, 2.24) is 29.5 Å². The third kappa shape index (κ3) is 4.32. The second-order valence-corrected chi connectivity index (χ2v) is 7.50. The number of piperazine rings is 1. The summed E-state index contributed by atoms with van der Waals surface area (Å²) >= 11 is 1.68. The molecule has 1 fully saturated rings. The molecule has 9 heteroatoms. The number of nitrogens with zero attached hydrogens (tertiary/aromatic N) is 6. The van der Waals surface area contributed by atoms with E-state index in [0.29, 0.717) is 13.1 Å². The summed E-state index contributed by atoms with van der Waals surface area (Å²) in [7, 11) is 0. The largest absolute Gasteiger partial charge is 0.322 e. The van der Waals surface area contributed by atoms with Crippen molar-refractivity contribution in [3.05, 3.63) is 53.0 Å². The SMILES string of the molecule is Cc1nc(CN2CCN(C(=O)Nc3ccc(-n4cncn4)cc3)CC2)cs1. The summed E-state index contributed by atoms with van der Waals surface area (Å²) in [5, 5.41) is 10.3. The number of nitrogens with one attached hydrogen (secondary N) is 1. The predicted octanol–water partition coefficient (Wildman–Crippen LogP) is 2.38. The van der Waals surface area contributed by atoms with E-state index < -0.39 is 0 Å². The maximum absolute atomic E-state index is 12.5. The van der Waals surface area contributed by atoms with Gasteiger partial charge in [-0.05, 0) is 31.2 Å².